The van der Waals surface area contributed by atoms with E-state index in [0.717, 1.165) is 5.69 Å². The van der Waals surface area contributed by atoms with Crippen molar-refractivity contribution in [2.24, 2.45) is 11.1 Å². The van der Waals surface area contributed by atoms with Crippen molar-refractivity contribution < 1.29 is 4.79 Å². The van der Waals surface area contributed by atoms with Gasteiger partial charge in [-0.3, -0.25) is 4.79 Å². The van der Waals surface area contributed by atoms with Gasteiger partial charge in [-0.15, -0.1) is 0 Å². The van der Waals surface area contributed by atoms with Gasteiger partial charge in [-0.2, -0.15) is 0 Å². The molecule has 0 radical (unpaired) electrons. The van der Waals surface area contributed by atoms with E-state index in [1.165, 1.54) is 11.1 Å². The molecular weight excluding hydrogens is 224 g/mol. The molecule has 1 aromatic rings. The number of rotatable bonds is 4. The topological polar surface area (TPSA) is 46.3 Å². The summed E-state index contributed by atoms with van der Waals surface area (Å²) in [6.45, 7) is 8.54. The summed E-state index contributed by atoms with van der Waals surface area (Å²) in [5, 5.41) is 0. The lowest BCUT2D eigenvalue weighted by atomic mass is 9.87. The molecule has 18 heavy (non-hydrogen) atoms. The molecule has 0 fully saturated rings. The Morgan fingerprint density at radius 3 is 2.39 bits per heavy atom. The van der Waals surface area contributed by atoms with Crippen LogP contribution in [0.2, 0.25) is 0 Å². The molecule has 2 N–H and O–H groups in total. The molecule has 0 saturated heterocycles. The lowest BCUT2D eigenvalue weighted by Crippen LogP contribution is -2.39. The van der Waals surface area contributed by atoms with Gasteiger partial charge in [-0.25, -0.2) is 0 Å². The minimum atomic E-state index is -0.414. The van der Waals surface area contributed by atoms with Gasteiger partial charge in [0.1, 0.15) is 0 Å². The van der Waals surface area contributed by atoms with Crippen LogP contribution in [-0.2, 0) is 4.79 Å². The molecule has 0 unspecified atom stereocenters. The van der Waals surface area contributed by atoms with Crippen molar-refractivity contribution in [1.82, 2.24) is 0 Å². The van der Waals surface area contributed by atoms with Crippen LogP contribution < -0.4 is 10.6 Å². The van der Waals surface area contributed by atoms with Gasteiger partial charge in [0.2, 0.25) is 5.91 Å². The van der Waals surface area contributed by atoms with Crippen LogP contribution in [0.3, 0.4) is 0 Å². The number of anilines is 1. The first kappa shape index (κ1) is 14.7. The normalized spacial score (nSPS) is 11.4. The zero-order valence-electron chi connectivity index (χ0n) is 12.1. The molecule has 1 amide bonds. The SMILES string of the molecule is Cc1ccc(N(C)C(=O)C(C)(C)CCN)cc1C. The summed E-state index contributed by atoms with van der Waals surface area (Å²) in [4.78, 5) is 14.1. The minimum Gasteiger partial charge on any atom is -0.330 e. The summed E-state index contributed by atoms with van der Waals surface area (Å²) in [6, 6.07) is 6.08. The van der Waals surface area contributed by atoms with Gasteiger partial charge in [0.25, 0.3) is 0 Å². The molecule has 100 valence electrons. The van der Waals surface area contributed by atoms with Crippen molar-refractivity contribution in [1.29, 1.82) is 0 Å². The number of carbonyl (C=O) groups is 1. The van der Waals surface area contributed by atoms with Crippen molar-refractivity contribution in [2.75, 3.05) is 18.5 Å². The first-order valence-electron chi connectivity index (χ1n) is 6.35. The quantitative estimate of drug-likeness (QED) is 0.890. The summed E-state index contributed by atoms with van der Waals surface area (Å²) in [7, 11) is 1.82. The zero-order chi connectivity index (χ0) is 13.9. The van der Waals surface area contributed by atoms with Gasteiger partial charge >= 0.3 is 0 Å². The summed E-state index contributed by atoms with van der Waals surface area (Å²) in [5.41, 5.74) is 8.52. The lowest BCUT2D eigenvalue weighted by molar-refractivity contribution is -0.126. The fourth-order valence-electron chi connectivity index (χ4n) is 1.97. The third-order valence-electron chi connectivity index (χ3n) is 3.53. The van der Waals surface area contributed by atoms with E-state index in [0.29, 0.717) is 13.0 Å². The van der Waals surface area contributed by atoms with Crippen molar-refractivity contribution >= 4 is 11.6 Å². The number of hydrogen-bond acceptors (Lipinski definition) is 2. The lowest BCUT2D eigenvalue weighted by Gasteiger charge is -2.29. The van der Waals surface area contributed by atoms with Crippen LogP contribution in [0.1, 0.15) is 31.4 Å². The molecule has 0 saturated carbocycles. The molecule has 0 bridgehead atoms. The van der Waals surface area contributed by atoms with Crippen LogP contribution in [0.15, 0.2) is 18.2 Å². The Balaban J connectivity index is 2.96. The predicted molar refractivity (Wildman–Crippen MR) is 76.8 cm³/mol. The Morgan fingerprint density at radius 1 is 1.28 bits per heavy atom. The average molecular weight is 248 g/mol. The van der Waals surface area contributed by atoms with E-state index >= 15 is 0 Å². The second-order valence-corrected chi connectivity index (χ2v) is 5.56. The molecule has 3 heteroatoms. The van der Waals surface area contributed by atoms with Crippen LogP contribution in [0.4, 0.5) is 5.69 Å². The highest BCUT2D eigenvalue weighted by Gasteiger charge is 2.30. The molecule has 1 rings (SSSR count). The Labute approximate surface area is 110 Å². The van der Waals surface area contributed by atoms with E-state index < -0.39 is 5.41 Å². The number of nitrogens with two attached hydrogens (primary N) is 1. The van der Waals surface area contributed by atoms with Gasteiger partial charge < -0.3 is 10.6 Å². The van der Waals surface area contributed by atoms with Crippen LogP contribution in [0.25, 0.3) is 0 Å². The van der Waals surface area contributed by atoms with Crippen LogP contribution in [0, 0.1) is 19.3 Å². The highest BCUT2D eigenvalue weighted by atomic mass is 16.2. The van der Waals surface area contributed by atoms with E-state index in [1.807, 2.05) is 39.1 Å². The number of aryl methyl sites for hydroxylation is 2. The highest BCUT2D eigenvalue weighted by molar-refractivity contribution is 5.96. The molecular formula is C15H24N2O. The predicted octanol–water partition coefficient (Wildman–Crippen LogP) is 2.64. The van der Waals surface area contributed by atoms with Gasteiger partial charge in [0.15, 0.2) is 0 Å². The average Bonchev–Trinajstić information content (AvgIpc) is 2.30. The number of amides is 1. The molecule has 0 aliphatic heterocycles. The zero-order valence-corrected chi connectivity index (χ0v) is 12.1. The third-order valence-corrected chi connectivity index (χ3v) is 3.53. The van der Waals surface area contributed by atoms with E-state index in [-0.39, 0.29) is 5.91 Å². The second kappa shape index (κ2) is 5.53. The van der Waals surface area contributed by atoms with Gasteiger partial charge in [0, 0.05) is 18.2 Å². The highest BCUT2D eigenvalue weighted by Crippen LogP contribution is 2.26. The Kier molecular flexibility index (Phi) is 4.52. The molecule has 0 aromatic heterocycles. The van der Waals surface area contributed by atoms with Crippen LogP contribution >= 0.6 is 0 Å². The monoisotopic (exact) mass is 248 g/mol. The maximum absolute atomic E-state index is 12.4. The first-order chi connectivity index (χ1) is 8.29. The molecule has 0 spiro atoms. The fraction of sp³-hybridized carbons (Fsp3) is 0.533. The van der Waals surface area contributed by atoms with Crippen molar-refractivity contribution in [2.45, 2.75) is 34.1 Å². The number of benzene rings is 1. The Bertz CT molecular complexity index is 438. The Morgan fingerprint density at radius 2 is 1.89 bits per heavy atom. The molecule has 3 nitrogen and oxygen atoms in total. The Hall–Kier alpha value is -1.35. The van der Waals surface area contributed by atoms with Crippen molar-refractivity contribution in [3.05, 3.63) is 29.3 Å². The van der Waals surface area contributed by atoms with Crippen molar-refractivity contribution in [3.8, 4) is 0 Å². The van der Waals surface area contributed by atoms with Crippen molar-refractivity contribution in [3.63, 3.8) is 0 Å². The van der Waals surface area contributed by atoms with E-state index in [2.05, 4.69) is 13.8 Å². The molecule has 0 heterocycles. The second-order valence-electron chi connectivity index (χ2n) is 5.56. The summed E-state index contributed by atoms with van der Waals surface area (Å²) < 4.78 is 0. The van der Waals surface area contributed by atoms with Crippen LogP contribution in [-0.4, -0.2) is 19.5 Å². The summed E-state index contributed by atoms with van der Waals surface area (Å²) in [5.74, 6) is 0.108. The summed E-state index contributed by atoms with van der Waals surface area (Å²) >= 11 is 0. The van der Waals surface area contributed by atoms with E-state index in [1.54, 1.807) is 4.90 Å². The molecule has 0 aliphatic carbocycles. The third kappa shape index (κ3) is 3.10. The van der Waals surface area contributed by atoms with Gasteiger partial charge in [-0.05, 0) is 50.1 Å². The smallest absolute Gasteiger partial charge is 0.232 e. The number of hydrogen-bond donors (Lipinski definition) is 1. The molecule has 1 aromatic carbocycles. The molecule has 0 aliphatic rings. The fourth-order valence-corrected chi connectivity index (χ4v) is 1.97. The molecule has 0 atom stereocenters. The van der Waals surface area contributed by atoms with E-state index in [4.69, 9.17) is 5.73 Å². The summed E-state index contributed by atoms with van der Waals surface area (Å²) in [6.07, 6.45) is 0.695. The minimum absolute atomic E-state index is 0.108. The first-order valence-corrected chi connectivity index (χ1v) is 6.35. The largest absolute Gasteiger partial charge is 0.330 e. The van der Waals surface area contributed by atoms with Gasteiger partial charge in [-0.1, -0.05) is 19.9 Å². The maximum atomic E-state index is 12.4. The number of nitrogens with zero attached hydrogens (tertiary/aromatic N) is 1. The van der Waals surface area contributed by atoms with E-state index in [9.17, 15) is 4.79 Å². The number of carbonyl (C=O) groups excluding carboxylic acids is 1. The van der Waals surface area contributed by atoms with Crippen LogP contribution in [0.5, 0.6) is 0 Å². The maximum Gasteiger partial charge on any atom is 0.232 e. The standard InChI is InChI=1S/C15H24N2O/c1-11-6-7-13(10-12(11)2)17(5)14(18)15(3,4)8-9-16/h6-7,10H,8-9,16H2,1-5H3. The van der Waals surface area contributed by atoms with Gasteiger partial charge in [0.05, 0.1) is 0 Å².